The summed E-state index contributed by atoms with van der Waals surface area (Å²) in [7, 11) is 12.5. The van der Waals surface area contributed by atoms with Gasteiger partial charge in [-0.1, -0.05) is 69.5 Å². The Hall–Kier alpha value is -2.57. The third-order valence-corrected chi connectivity index (χ3v) is 11.2. The molecule has 0 radical (unpaired) electrons. The fraction of sp³-hybridized carbons (Fsp3) is 0.139. The second-order valence-electron chi connectivity index (χ2n) is 10.6. The van der Waals surface area contributed by atoms with Crippen LogP contribution in [-0.2, 0) is 24.3 Å². The van der Waals surface area contributed by atoms with Crippen molar-refractivity contribution in [2.45, 2.75) is 33.1 Å². The summed E-state index contributed by atoms with van der Waals surface area (Å²) < 4.78 is 1.15. The molecule has 0 fully saturated rings. The van der Waals surface area contributed by atoms with E-state index >= 15 is 0 Å². The number of halogens is 2. The van der Waals surface area contributed by atoms with Crippen LogP contribution < -0.4 is 0 Å². The van der Waals surface area contributed by atoms with Crippen LogP contribution in [0.5, 0.6) is 0 Å². The maximum Gasteiger partial charge on any atom is -0.0771 e. The number of hydrogen-bond acceptors (Lipinski definition) is 0. The van der Waals surface area contributed by atoms with E-state index < -0.39 is 18.9 Å². The van der Waals surface area contributed by atoms with Gasteiger partial charge in [0.05, 0.1) is 0 Å². The summed E-state index contributed by atoms with van der Waals surface area (Å²) in [5, 5.41) is 5.39. The maximum atomic E-state index is 6.24. The molecule has 6 rings (SSSR count). The minimum absolute atomic E-state index is 0.314. The Morgan fingerprint density at radius 1 is 0.641 bits per heavy atom. The van der Waals surface area contributed by atoms with E-state index in [0.29, 0.717) is 5.41 Å². The van der Waals surface area contributed by atoms with Crippen LogP contribution in [0.25, 0.3) is 21.5 Å². The molecule has 0 nitrogen and oxygen atoms in total. The van der Waals surface area contributed by atoms with E-state index in [4.69, 9.17) is 17.0 Å². The molecule has 0 N–H and O–H groups in total. The van der Waals surface area contributed by atoms with Gasteiger partial charge in [0.1, 0.15) is 0 Å². The number of hydrogen-bond donors (Lipinski definition) is 0. The molecule has 198 valence electrons. The quantitative estimate of drug-likeness (QED) is 0.167. The van der Waals surface area contributed by atoms with E-state index in [1.807, 2.05) is 36.4 Å². The van der Waals surface area contributed by atoms with Gasteiger partial charge in [0.15, 0.2) is 0 Å². The van der Waals surface area contributed by atoms with Crippen LogP contribution in [0.2, 0.25) is 0 Å². The van der Waals surface area contributed by atoms with Gasteiger partial charge in [-0.15, -0.1) is 39.7 Å². The van der Waals surface area contributed by atoms with Crippen LogP contribution in [0.1, 0.15) is 43.0 Å². The molecule has 0 amide bonds. The van der Waals surface area contributed by atoms with Crippen molar-refractivity contribution in [1.29, 1.82) is 0 Å². The van der Waals surface area contributed by atoms with Crippen LogP contribution in [0, 0.1) is 6.92 Å². The summed E-state index contributed by atoms with van der Waals surface area (Å²) in [6.45, 7) is 8.85. The molecule has 0 aromatic heterocycles. The van der Waals surface area contributed by atoms with Crippen molar-refractivity contribution in [2.75, 3.05) is 0 Å². The van der Waals surface area contributed by atoms with Crippen LogP contribution >= 0.6 is 17.0 Å². The summed E-state index contributed by atoms with van der Waals surface area (Å²) in [6, 6.07) is 46.2. The Labute approximate surface area is 247 Å². The smallest absolute Gasteiger partial charge is 0.0771 e. The van der Waals surface area contributed by atoms with E-state index in [0.717, 1.165) is 14.3 Å². The molecule has 6 aromatic carbocycles. The zero-order valence-corrected chi connectivity index (χ0v) is 26.9. The standard InChI is InChI=1S/C13H9.C13H10.C10H15.2ClH.Zr/c1-3-7-12-10(5-1)9-11-6-2-4-8-13(11)12;1-3-7-12(8-4-1)11-13-9-5-2-6-10-13;1-8-5-6-9(7-8)10(2,3)4;;;/h1-9H;1-10H;5-7H,1-4H3;2*1H;/q-1;;-1;;;+2/p-2. The first-order valence-corrected chi connectivity index (χ1v) is 20.7. The monoisotopic (exact) mass is 626 g/mol. The first-order chi connectivity index (χ1) is 18.7. The molecular weight excluding hydrogens is 595 g/mol. The van der Waals surface area contributed by atoms with Gasteiger partial charge in [-0.25, -0.2) is 6.07 Å². The molecule has 0 aliphatic heterocycles. The van der Waals surface area contributed by atoms with Crippen LogP contribution in [0.15, 0.2) is 133 Å². The van der Waals surface area contributed by atoms with Crippen molar-refractivity contribution in [3.8, 4) is 0 Å². The third-order valence-electron chi connectivity index (χ3n) is 6.61. The van der Waals surface area contributed by atoms with E-state index in [9.17, 15) is 0 Å². The molecule has 0 atom stereocenters. The summed E-state index contributed by atoms with van der Waals surface area (Å²) in [6.07, 6.45) is 0. The second-order valence-corrected chi connectivity index (χ2v) is 18.7. The Morgan fingerprint density at radius 2 is 1.08 bits per heavy atom. The van der Waals surface area contributed by atoms with Gasteiger partial charge < -0.3 is 0 Å². The van der Waals surface area contributed by atoms with Gasteiger partial charge >= 0.3 is 111 Å². The predicted molar refractivity (Wildman–Crippen MR) is 170 cm³/mol. The Balaban J connectivity index is 0.000000140. The number of benzene rings is 4. The predicted octanol–water partition coefficient (Wildman–Crippen LogP) is 10.9. The molecular formula is C36H34Cl2Zr-2. The molecule has 0 aliphatic rings. The fourth-order valence-corrected chi connectivity index (χ4v) is 9.00. The van der Waals surface area contributed by atoms with Crippen LogP contribution in [0.3, 0.4) is 0 Å². The minimum atomic E-state index is -2.44. The van der Waals surface area contributed by atoms with Gasteiger partial charge in [-0.3, -0.25) is 0 Å². The summed E-state index contributed by atoms with van der Waals surface area (Å²) >= 11 is -2.44. The zero-order chi connectivity index (χ0) is 27.8. The number of rotatable bonds is 2. The fourth-order valence-electron chi connectivity index (χ4n) is 4.53. The molecule has 0 heterocycles. The molecule has 0 bridgehead atoms. The van der Waals surface area contributed by atoms with Gasteiger partial charge in [-0.05, 0) is 0 Å². The Kier molecular flexibility index (Phi) is 10.3. The van der Waals surface area contributed by atoms with Gasteiger partial charge in [0.2, 0.25) is 0 Å². The van der Waals surface area contributed by atoms with E-state index in [1.54, 1.807) is 0 Å². The topological polar surface area (TPSA) is 0 Å². The molecule has 3 heteroatoms. The molecule has 0 saturated heterocycles. The van der Waals surface area contributed by atoms with Crippen LogP contribution in [0.4, 0.5) is 0 Å². The molecule has 0 spiro atoms. The normalized spacial score (nSPS) is 10.8. The summed E-state index contributed by atoms with van der Waals surface area (Å²) in [5.74, 6) is 0. The SMILES string of the molecule is Cc1cc(C(C)(C)C)c[cH-]1.[Cl][Zr]([Cl])=[C](c1ccccc1)c1ccccc1.c1ccc2c(c1)[cH-]c1ccccc12. The van der Waals surface area contributed by atoms with Crippen molar-refractivity contribution < 1.29 is 18.9 Å². The first kappa shape index (κ1) is 29.4. The molecule has 6 aromatic rings. The average molecular weight is 629 g/mol. The summed E-state index contributed by atoms with van der Waals surface area (Å²) in [4.78, 5) is 0. The number of fused-ring (bicyclic) bond motifs is 3. The zero-order valence-electron chi connectivity index (χ0n) is 23.0. The largest absolute Gasteiger partial charge is 0.126 e. The molecule has 39 heavy (non-hydrogen) atoms. The summed E-state index contributed by atoms with van der Waals surface area (Å²) in [5.41, 5.74) is 5.41. The van der Waals surface area contributed by atoms with Crippen molar-refractivity contribution >= 4 is 41.8 Å². The van der Waals surface area contributed by atoms with Crippen LogP contribution in [-0.4, -0.2) is 3.21 Å². The van der Waals surface area contributed by atoms with Gasteiger partial charge in [0.25, 0.3) is 0 Å². The van der Waals surface area contributed by atoms with Crippen molar-refractivity contribution in [3.05, 3.63) is 156 Å². The Bertz CT molecular complexity index is 1550. The third kappa shape index (κ3) is 7.98. The maximum absolute atomic E-state index is 6.24. The molecule has 0 aliphatic carbocycles. The minimum Gasteiger partial charge on any atom is -0.126 e. The second kappa shape index (κ2) is 13.7. The number of aryl methyl sites for hydroxylation is 1. The molecule has 0 saturated carbocycles. The van der Waals surface area contributed by atoms with Gasteiger partial charge in [-0.2, -0.15) is 23.3 Å². The first-order valence-electron chi connectivity index (χ1n) is 13.2. The Morgan fingerprint density at radius 3 is 1.44 bits per heavy atom. The van der Waals surface area contributed by atoms with E-state index in [-0.39, 0.29) is 0 Å². The van der Waals surface area contributed by atoms with Crippen molar-refractivity contribution in [3.63, 3.8) is 0 Å². The molecule has 0 unspecified atom stereocenters. The van der Waals surface area contributed by atoms with Crippen molar-refractivity contribution in [2.24, 2.45) is 0 Å². The van der Waals surface area contributed by atoms with E-state index in [2.05, 4.69) is 125 Å². The van der Waals surface area contributed by atoms with E-state index in [1.165, 1.54) is 32.7 Å². The average Bonchev–Trinajstić information content (AvgIpc) is 3.54. The van der Waals surface area contributed by atoms with Crippen molar-refractivity contribution in [1.82, 2.24) is 0 Å². The van der Waals surface area contributed by atoms with Gasteiger partial charge in [0, 0.05) is 0 Å².